The zero-order valence-electron chi connectivity index (χ0n) is 15.9. The number of rotatable bonds is 4. The summed E-state index contributed by atoms with van der Waals surface area (Å²) in [5.74, 6) is -0.193. The summed E-state index contributed by atoms with van der Waals surface area (Å²) in [6, 6.07) is 12.4. The van der Waals surface area contributed by atoms with Gasteiger partial charge in [0.25, 0.3) is 11.8 Å². The summed E-state index contributed by atoms with van der Waals surface area (Å²) >= 11 is 12.0. The molecular formula is C21H23Cl2N3O2. The Hall–Kier alpha value is -2.24. The fraction of sp³-hybridized carbons (Fsp3) is 0.333. The Labute approximate surface area is 175 Å². The normalized spacial score (nSPS) is 14.6. The van der Waals surface area contributed by atoms with Gasteiger partial charge >= 0.3 is 0 Å². The first kappa shape index (κ1) is 20.5. The highest BCUT2D eigenvalue weighted by Crippen LogP contribution is 2.22. The van der Waals surface area contributed by atoms with Gasteiger partial charge in [-0.3, -0.25) is 9.59 Å². The van der Waals surface area contributed by atoms with Gasteiger partial charge in [0.2, 0.25) is 0 Å². The summed E-state index contributed by atoms with van der Waals surface area (Å²) in [5, 5.41) is 3.83. The second-order valence-electron chi connectivity index (χ2n) is 7.11. The van der Waals surface area contributed by atoms with Crippen LogP contribution in [0.3, 0.4) is 0 Å². The van der Waals surface area contributed by atoms with Crippen LogP contribution in [-0.4, -0.2) is 49.9 Å². The van der Waals surface area contributed by atoms with Gasteiger partial charge in [-0.15, -0.1) is 0 Å². The molecule has 148 valence electrons. The van der Waals surface area contributed by atoms with Gasteiger partial charge < -0.3 is 15.1 Å². The van der Waals surface area contributed by atoms with Crippen molar-refractivity contribution in [1.29, 1.82) is 0 Å². The molecule has 2 aromatic rings. The van der Waals surface area contributed by atoms with Crippen molar-refractivity contribution in [2.75, 3.05) is 32.1 Å². The number of nitrogens with one attached hydrogen (secondary N) is 1. The molecule has 1 aliphatic heterocycles. The second-order valence-corrected chi connectivity index (χ2v) is 7.95. The number of carbonyl (C=O) groups is 2. The molecule has 7 heteroatoms. The fourth-order valence-corrected chi connectivity index (χ4v) is 3.74. The number of halogens is 2. The van der Waals surface area contributed by atoms with Crippen LogP contribution in [-0.2, 0) is 0 Å². The van der Waals surface area contributed by atoms with Crippen LogP contribution in [0.4, 0.5) is 5.69 Å². The van der Waals surface area contributed by atoms with Crippen molar-refractivity contribution in [1.82, 2.24) is 10.2 Å². The van der Waals surface area contributed by atoms with Gasteiger partial charge in [-0.25, -0.2) is 0 Å². The standard InChI is InChI=1S/C21H23Cl2N3O2/c1-25(2)17-6-3-14(4-7-17)21(28)26-11-9-16(10-12-26)24-20(27)18-8-5-15(22)13-19(18)23/h3-8,13,16H,9-12H2,1-2H3,(H,24,27). The first-order valence-corrected chi connectivity index (χ1v) is 9.93. The molecule has 1 heterocycles. The SMILES string of the molecule is CN(C)c1ccc(C(=O)N2CCC(NC(=O)c3ccc(Cl)cc3Cl)CC2)cc1. The van der Waals surface area contributed by atoms with Crippen LogP contribution in [0.2, 0.25) is 10.0 Å². The smallest absolute Gasteiger partial charge is 0.253 e. The number of anilines is 1. The second kappa shape index (κ2) is 8.84. The average Bonchev–Trinajstić information content (AvgIpc) is 2.68. The molecule has 1 saturated heterocycles. The first-order chi connectivity index (χ1) is 13.3. The van der Waals surface area contributed by atoms with Crippen molar-refractivity contribution in [2.24, 2.45) is 0 Å². The highest BCUT2D eigenvalue weighted by atomic mass is 35.5. The molecule has 1 N–H and O–H groups in total. The molecule has 2 amide bonds. The number of likely N-dealkylation sites (tertiary alicyclic amines) is 1. The van der Waals surface area contributed by atoms with E-state index in [1.54, 1.807) is 18.2 Å². The molecule has 5 nitrogen and oxygen atoms in total. The topological polar surface area (TPSA) is 52.7 Å². The molecule has 2 aromatic carbocycles. The van der Waals surface area contributed by atoms with Crippen LogP contribution < -0.4 is 10.2 Å². The highest BCUT2D eigenvalue weighted by Gasteiger charge is 2.25. The Balaban J connectivity index is 1.55. The Kier molecular flexibility index (Phi) is 6.47. The summed E-state index contributed by atoms with van der Waals surface area (Å²) in [6.07, 6.45) is 1.41. The van der Waals surface area contributed by atoms with Crippen LogP contribution in [0.1, 0.15) is 33.6 Å². The van der Waals surface area contributed by atoms with Crippen molar-refractivity contribution in [2.45, 2.75) is 18.9 Å². The van der Waals surface area contributed by atoms with E-state index in [9.17, 15) is 9.59 Å². The Morgan fingerprint density at radius 1 is 1.04 bits per heavy atom. The van der Waals surface area contributed by atoms with E-state index in [0.29, 0.717) is 47.1 Å². The third-order valence-electron chi connectivity index (χ3n) is 4.92. The summed E-state index contributed by atoms with van der Waals surface area (Å²) in [5.41, 5.74) is 2.14. The van der Waals surface area contributed by atoms with Gasteiger partial charge in [-0.1, -0.05) is 23.2 Å². The molecule has 0 aromatic heterocycles. The molecule has 0 aliphatic carbocycles. The minimum Gasteiger partial charge on any atom is -0.378 e. The number of nitrogens with zero attached hydrogens (tertiary/aromatic N) is 2. The minimum absolute atomic E-state index is 0.0133. The monoisotopic (exact) mass is 419 g/mol. The molecule has 1 aliphatic rings. The van der Waals surface area contributed by atoms with Gasteiger partial charge in [-0.05, 0) is 55.3 Å². The van der Waals surface area contributed by atoms with Crippen molar-refractivity contribution >= 4 is 40.7 Å². The largest absolute Gasteiger partial charge is 0.378 e. The van der Waals surface area contributed by atoms with E-state index < -0.39 is 0 Å². The van der Waals surface area contributed by atoms with Gasteiger partial charge in [-0.2, -0.15) is 0 Å². The number of hydrogen-bond donors (Lipinski definition) is 1. The predicted octanol–water partition coefficient (Wildman–Crippen LogP) is 4.09. The zero-order chi connectivity index (χ0) is 20.3. The van der Waals surface area contributed by atoms with Crippen molar-refractivity contribution < 1.29 is 9.59 Å². The number of amides is 2. The molecule has 28 heavy (non-hydrogen) atoms. The summed E-state index contributed by atoms with van der Waals surface area (Å²) in [4.78, 5) is 29.0. The maximum atomic E-state index is 12.7. The molecular weight excluding hydrogens is 397 g/mol. The van der Waals surface area contributed by atoms with E-state index in [1.807, 2.05) is 48.2 Å². The quantitative estimate of drug-likeness (QED) is 0.811. The zero-order valence-corrected chi connectivity index (χ0v) is 17.4. The summed E-state index contributed by atoms with van der Waals surface area (Å²) in [6.45, 7) is 1.21. The van der Waals surface area contributed by atoms with Crippen LogP contribution in [0.25, 0.3) is 0 Å². The third-order valence-corrected chi connectivity index (χ3v) is 5.47. The maximum Gasteiger partial charge on any atom is 0.253 e. The molecule has 0 bridgehead atoms. The van der Waals surface area contributed by atoms with Crippen LogP contribution >= 0.6 is 23.2 Å². The molecule has 0 unspecified atom stereocenters. The van der Waals surface area contributed by atoms with Gasteiger partial charge in [0, 0.05) is 49.5 Å². The van der Waals surface area contributed by atoms with E-state index in [2.05, 4.69) is 5.32 Å². The molecule has 0 radical (unpaired) electrons. The van der Waals surface area contributed by atoms with Crippen LogP contribution in [0.5, 0.6) is 0 Å². The lowest BCUT2D eigenvalue weighted by molar-refractivity contribution is 0.0698. The lowest BCUT2D eigenvalue weighted by atomic mass is 10.0. The van der Waals surface area contributed by atoms with Crippen LogP contribution in [0.15, 0.2) is 42.5 Å². The molecule has 0 saturated carbocycles. The lowest BCUT2D eigenvalue weighted by Gasteiger charge is -2.32. The first-order valence-electron chi connectivity index (χ1n) is 9.17. The van der Waals surface area contributed by atoms with E-state index in [-0.39, 0.29) is 17.9 Å². The predicted molar refractivity (Wildman–Crippen MR) is 114 cm³/mol. The van der Waals surface area contributed by atoms with Crippen molar-refractivity contribution in [3.63, 3.8) is 0 Å². The number of piperidine rings is 1. The van der Waals surface area contributed by atoms with Gasteiger partial charge in [0.05, 0.1) is 10.6 Å². The summed E-state index contributed by atoms with van der Waals surface area (Å²) in [7, 11) is 3.93. The number of hydrogen-bond acceptors (Lipinski definition) is 3. The van der Waals surface area contributed by atoms with Gasteiger partial charge in [0.15, 0.2) is 0 Å². The van der Waals surface area contributed by atoms with Gasteiger partial charge in [0.1, 0.15) is 0 Å². The van der Waals surface area contributed by atoms with E-state index in [4.69, 9.17) is 23.2 Å². The highest BCUT2D eigenvalue weighted by molar-refractivity contribution is 6.36. The number of carbonyl (C=O) groups excluding carboxylic acids is 2. The lowest BCUT2D eigenvalue weighted by Crippen LogP contribution is -2.46. The summed E-state index contributed by atoms with van der Waals surface area (Å²) < 4.78 is 0. The van der Waals surface area contributed by atoms with Crippen molar-refractivity contribution in [3.8, 4) is 0 Å². The molecule has 0 spiro atoms. The van der Waals surface area contributed by atoms with E-state index >= 15 is 0 Å². The Morgan fingerprint density at radius 2 is 1.68 bits per heavy atom. The fourth-order valence-electron chi connectivity index (χ4n) is 3.25. The van der Waals surface area contributed by atoms with E-state index in [0.717, 1.165) is 5.69 Å². The maximum absolute atomic E-state index is 12.7. The molecule has 3 rings (SSSR count). The Bertz CT molecular complexity index is 860. The molecule has 0 atom stereocenters. The third kappa shape index (κ3) is 4.78. The van der Waals surface area contributed by atoms with E-state index in [1.165, 1.54) is 0 Å². The van der Waals surface area contributed by atoms with Crippen LogP contribution in [0, 0.1) is 0 Å². The molecule has 1 fully saturated rings. The average molecular weight is 420 g/mol. The number of benzene rings is 2. The minimum atomic E-state index is -0.217. The Morgan fingerprint density at radius 3 is 2.25 bits per heavy atom. The van der Waals surface area contributed by atoms with Crippen molar-refractivity contribution in [3.05, 3.63) is 63.6 Å².